The molecule has 0 aromatic heterocycles. The van der Waals surface area contributed by atoms with Crippen molar-refractivity contribution in [3.05, 3.63) is 23.2 Å². The van der Waals surface area contributed by atoms with Gasteiger partial charge in [0.15, 0.2) is 0 Å². The van der Waals surface area contributed by atoms with E-state index < -0.39 is 12.8 Å². The minimum absolute atomic E-state index is 0.274. The highest BCUT2D eigenvalue weighted by atomic mass is 35.5. The number of isocyanates is 1. The molecule has 15 heavy (non-hydrogen) atoms. The molecular formula is C10H9ClFNO2. The molecule has 0 aliphatic rings. The van der Waals surface area contributed by atoms with Crippen LogP contribution in [0, 0.1) is 0 Å². The zero-order valence-electron chi connectivity index (χ0n) is 8.04. The number of halogens is 2. The molecule has 0 saturated heterocycles. The smallest absolute Gasteiger partial charge is 0.240 e. The first-order valence-electron chi connectivity index (χ1n) is 4.27. The largest absolute Gasteiger partial charge is 0.486 e. The maximum Gasteiger partial charge on any atom is 0.240 e. The van der Waals surface area contributed by atoms with Gasteiger partial charge in [-0.2, -0.15) is 4.99 Å². The van der Waals surface area contributed by atoms with Gasteiger partial charge in [0.25, 0.3) is 0 Å². The number of carbonyl (C=O) groups excluding carboxylic acids is 1. The van der Waals surface area contributed by atoms with Crippen molar-refractivity contribution >= 4 is 23.4 Å². The summed E-state index contributed by atoms with van der Waals surface area (Å²) in [5.74, 6) is 0.274. The Balaban J connectivity index is 3.01. The second kappa shape index (κ2) is 5.49. The van der Waals surface area contributed by atoms with Gasteiger partial charge in [0.1, 0.15) is 24.2 Å². The maximum absolute atomic E-state index is 12.2. The van der Waals surface area contributed by atoms with E-state index in [0.717, 1.165) is 0 Å². The Hall–Kier alpha value is -1.38. The monoisotopic (exact) mass is 229 g/mol. The molecule has 0 aliphatic heterocycles. The second-order valence-electron chi connectivity index (χ2n) is 2.90. The quantitative estimate of drug-likeness (QED) is 0.588. The number of rotatable bonds is 4. The van der Waals surface area contributed by atoms with Crippen molar-refractivity contribution < 1.29 is 13.9 Å². The van der Waals surface area contributed by atoms with Crippen LogP contribution in [-0.4, -0.2) is 18.9 Å². The summed E-state index contributed by atoms with van der Waals surface area (Å²) >= 11 is 5.73. The summed E-state index contributed by atoms with van der Waals surface area (Å²) in [4.78, 5) is 13.5. The van der Waals surface area contributed by atoms with Crippen molar-refractivity contribution in [2.75, 3.05) is 6.67 Å². The molecule has 0 spiro atoms. The standard InChI is InChI=1S/C10H9ClFNO2/c1-7(5-12)15-10-4-8(11)2-3-9(10)13-6-14/h2-4,7H,5H2,1H3. The van der Waals surface area contributed by atoms with Crippen molar-refractivity contribution in [2.24, 2.45) is 4.99 Å². The molecule has 1 unspecified atom stereocenters. The van der Waals surface area contributed by atoms with E-state index in [1.54, 1.807) is 13.0 Å². The highest BCUT2D eigenvalue weighted by molar-refractivity contribution is 6.30. The molecular weight excluding hydrogens is 221 g/mol. The normalized spacial score (nSPS) is 11.7. The zero-order chi connectivity index (χ0) is 11.3. The molecule has 0 radical (unpaired) electrons. The highest BCUT2D eigenvalue weighted by Crippen LogP contribution is 2.31. The first-order chi connectivity index (χ1) is 7.17. The maximum atomic E-state index is 12.2. The van der Waals surface area contributed by atoms with Gasteiger partial charge in [-0.3, -0.25) is 0 Å². The van der Waals surface area contributed by atoms with Crippen LogP contribution >= 0.6 is 11.6 Å². The number of benzene rings is 1. The van der Waals surface area contributed by atoms with E-state index in [1.807, 2.05) is 0 Å². The molecule has 0 bridgehead atoms. The minimum atomic E-state index is -0.628. The topological polar surface area (TPSA) is 38.7 Å². The van der Waals surface area contributed by atoms with Gasteiger partial charge in [0, 0.05) is 11.1 Å². The molecule has 0 fully saturated rings. The third-order valence-electron chi connectivity index (χ3n) is 1.63. The Morgan fingerprint density at radius 3 is 3.00 bits per heavy atom. The summed E-state index contributed by atoms with van der Waals surface area (Å²) in [7, 11) is 0. The van der Waals surface area contributed by atoms with E-state index >= 15 is 0 Å². The molecule has 0 aliphatic carbocycles. The molecule has 1 aromatic carbocycles. The predicted molar refractivity (Wildman–Crippen MR) is 55.3 cm³/mol. The van der Waals surface area contributed by atoms with Gasteiger partial charge in [0.2, 0.25) is 6.08 Å². The Labute approximate surface area is 91.5 Å². The Bertz CT molecular complexity index is 391. The number of ether oxygens (including phenoxy) is 1. The molecule has 1 aromatic rings. The molecule has 80 valence electrons. The van der Waals surface area contributed by atoms with Crippen LogP contribution in [0.2, 0.25) is 5.02 Å². The van der Waals surface area contributed by atoms with Crippen molar-refractivity contribution in [2.45, 2.75) is 13.0 Å². The van der Waals surface area contributed by atoms with Gasteiger partial charge in [-0.05, 0) is 19.1 Å². The molecule has 1 rings (SSSR count). The second-order valence-corrected chi connectivity index (χ2v) is 3.33. The summed E-state index contributed by atoms with van der Waals surface area (Å²) < 4.78 is 17.4. The van der Waals surface area contributed by atoms with Crippen molar-refractivity contribution in [3.8, 4) is 5.75 Å². The van der Waals surface area contributed by atoms with E-state index in [0.29, 0.717) is 5.02 Å². The first kappa shape index (κ1) is 11.7. The average Bonchev–Trinajstić information content (AvgIpc) is 2.22. The summed E-state index contributed by atoms with van der Waals surface area (Å²) in [5.41, 5.74) is 0.287. The Morgan fingerprint density at radius 1 is 1.67 bits per heavy atom. The fraction of sp³-hybridized carbons (Fsp3) is 0.300. The molecule has 0 N–H and O–H groups in total. The van der Waals surface area contributed by atoms with Crippen LogP contribution in [0.5, 0.6) is 5.75 Å². The number of nitrogens with zero attached hydrogens (tertiary/aromatic N) is 1. The summed E-state index contributed by atoms with van der Waals surface area (Å²) in [6, 6.07) is 4.54. The third-order valence-corrected chi connectivity index (χ3v) is 1.87. The SMILES string of the molecule is CC(CF)Oc1cc(Cl)ccc1N=C=O. The number of aliphatic imine (C=N–C) groups is 1. The lowest BCUT2D eigenvalue weighted by molar-refractivity contribution is 0.183. The van der Waals surface area contributed by atoms with Crippen LogP contribution in [0.3, 0.4) is 0 Å². The number of alkyl halides is 1. The van der Waals surface area contributed by atoms with E-state index in [9.17, 15) is 9.18 Å². The van der Waals surface area contributed by atoms with Crippen LogP contribution in [-0.2, 0) is 4.79 Å². The summed E-state index contributed by atoms with van der Waals surface area (Å²) in [6.45, 7) is 0.937. The predicted octanol–water partition coefficient (Wildman–Crippen LogP) is 3.04. The molecule has 0 heterocycles. The number of hydrogen-bond donors (Lipinski definition) is 0. The zero-order valence-corrected chi connectivity index (χ0v) is 8.79. The van der Waals surface area contributed by atoms with Crippen molar-refractivity contribution in [3.63, 3.8) is 0 Å². The van der Waals surface area contributed by atoms with E-state index in [4.69, 9.17) is 16.3 Å². The fourth-order valence-electron chi connectivity index (χ4n) is 0.972. The number of hydrogen-bond acceptors (Lipinski definition) is 3. The highest BCUT2D eigenvalue weighted by Gasteiger charge is 2.08. The van der Waals surface area contributed by atoms with Gasteiger partial charge in [-0.15, -0.1) is 0 Å². The van der Waals surface area contributed by atoms with Gasteiger partial charge < -0.3 is 4.74 Å². The molecule has 0 amide bonds. The molecule has 5 heteroatoms. The summed E-state index contributed by atoms with van der Waals surface area (Å²) in [6.07, 6.45) is 0.786. The van der Waals surface area contributed by atoms with E-state index in [-0.39, 0.29) is 11.4 Å². The van der Waals surface area contributed by atoms with Crippen LogP contribution < -0.4 is 4.74 Å². The molecule has 3 nitrogen and oxygen atoms in total. The molecule has 1 atom stereocenters. The van der Waals surface area contributed by atoms with Crippen molar-refractivity contribution in [1.82, 2.24) is 0 Å². The first-order valence-corrected chi connectivity index (χ1v) is 4.65. The average molecular weight is 230 g/mol. The van der Waals surface area contributed by atoms with Crippen LogP contribution in [0.4, 0.5) is 10.1 Å². The van der Waals surface area contributed by atoms with Crippen LogP contribution in [0.25, 0.3) is 0 Å². The minimum Gasteiger partial charge on any atom is -0.486 e. The van der Waals surface area contributed by atoms with Gasteiger partial charge >= 0.3 is 0 Å². The lowest BCUT2D eigenvalue weighted by Crippen LogP contribution is -2.13. The lowest BCUT2D eigenvalue weighted by atomic mass is 10.3. The van der Waals surface area contributed by atoms with Gasteiger partial charge in [0.05, 0.1) is 0 Å². The molecule has 0 saturated carbocycles. The van der Waals surface area contributed by atoms with Crippen LogP contribution in [0.1, 0.15) is 6.92 Å². The van der Waals surface area contributed by atoms with Gasteiger partial charge in [-0.25, -0.2) is 9.18 Å². The Kier molecular flexibility index (Phi) is 4.28. The van der Waals surface area contributed by atoms with Gasteiger partial charge in [-0.1, -0.05) is 11.6 Å². The van der Waals surface area contributed by atoms with E-state index in [2.05, 4.69) is 4.99 Å². The Morgan fingerprint density at radius 2 is 2.40 bits per heavy atom. The fourth-order valence-corrected chi connectivity index (χ4v) is 1.13. The van der Waals surface area contributed by atoms with Crippen molar-refractivity contribution in [1.29, 1.82) is 0 Å². The van der Waals surface area contributed by atoms with E-state index in [1.165, 1.54) is 18.2 Å². The van der Waals surface area contributed by atoms with Crippen LogP contribution in [0.15, 0.2) is 23.2 Å². The third kappa shape index (κ3) is 3.35. The lowest BCUT2D eigenvalue weighted by Gasteiger charge is -2.12. The summed E-state index contributed by atoms with van der Waals surface area (Å²) in [5, 5.41) is 0.431.